The fourth-order valence-corrected chi connectivity index (χ4v) is 2.14. The van der Waals surface area contributed by atoms with Gasteiger partial charge in [-0.15, -0.1) is 0 Å². The molecule has 0 atom stereocenters. The van der Waals surface area contributed by atoms with Gasteiger partial charge in [0.2, 0.25) is 0 Å². The first-order valence-electron chi connectivity index (χ1n) is 10.6. The van der Waals surface area contributed by atoms with Crippen molar-refractivity contribution in [1.82, 2.24) is 0 Å². The second kappa shape index (κ2) is 33.8. The van der Waals surface area contributed by atoms with Crippen molar-refractivity contribution in [2.75, 3.05) is 0 Å². The van der Waals surface area contributed by atoms with Crippen LogP contribution >= 0.6 is 0 Å². The first kappa shape index (κ1) is 41.2. The van der Waals surface area contributed by atoms with Crippen molar-refractivity contribution in [2.24, 2.45) is 0 Å². The van der Waals surface area contributed by atoms with Crippen LogP contribution in [0, 0.1) is 192 Å². The van der Waals surface area contributed by atoms with Crippen LogP contribution in [0.2, 0.25) is 0 Å². The van der Waals surface area contributed by atoms with Gasteiger partial charge in [0.1, 0.15) is 0 Å². The van der Waals surface area contributed by atoms with Crippen LogP contribution in [-0.4, -0.2) is 0 Å². The Morgan fingerprint density at radius 3 is 0.629 bits per heavy atom. The summed E-state index contributed by atoms with van der Waals surface area (Å²) in [5.41, 5.74) is 0. The molecule has 0 aliphatic heterocycles. The molecule has 0 nitrogen and oxygen atoms in total. The molecule has 0 aromatic carbocycles. The first-order chi connectivity index (χ1) is 15.8. The molecule has 0 bridgehead atoms. The maximum Gasteiger partial charge on any atom is 2.00 e. The number of hydrogen-bond acceptors (Lipinski definition) is 0. The van der Waals surface area contributed by atoms with Gasteiger partial charge in [-0.25, -0.2) is 25.7 Å². The minimum atomic E-state index is 0. The average molecular weight is 576 g/mol. The molecule has 3 heteroatoms. The molecule has 30 radical (unpaired) electrons. The van der Waals surface area contributed by atoms with Crippen LogP contribution in [0.5, 0.6) is 0 Å². The van der Waals surface area contributed by atoms with E-state index in [4.69, 9.17) is 0 Å². The molecule has 6 fully saturated rings. The quantitative estimate of drug-likeness (QED) is 0.224. The van der Waals surface area contributed by atoms with E-state index in [-0.39, 0.29) is 55.9 Å². The van der Waals surface area contributed by atoms with Crippen molar-refractivity contribution in [3.05, 3.63) is 192 Å². The van der Waals surface area contributed by atoms with E-state index in [1.165, 1.54) is 11.8 Å². The third kappa shape index (κ3) is 31.9. The maximum absolute atomic E-state index is 2.86. The number of hydrogen-bond donors (Lipinski definition) is 0. The van der Waals surface area contributed by atoms with Gasteiger partial charge in [-0.2, -0.15) is 0 Å². The maximum atomic E-state index is 2.86. The molecule has 0 heterocycles. The Labute approximate surface area is 259 Å². The van der Waals surface area contributed by atoms with Crippen molar-refractivity contribution < 1.29 is 55.9 Å². The molecule has 0 spiro atoms. The molecule has 0 aromatic heterocycles. The minimum Gasteiger partial charge on any atom is -0.474 e. The van der Waals surface area contributed by atoms with Gasteiger partial charge < -0.3 is 12.8 Å². The smallest absolute Gasteiger partial charge is 0.474 e. The predicted octanol–water partition coefficient (Wildman–Crippen LogP) is 6.66. The largest absolute Gasteiger partial charge is 2.00 e. The predicted molar refractivity (Wildman–Crippen MR) is 136 cm³/mol. The molecule has 180 valence electrons. The Kier molecular flexibility index (Phi) is 39.8. The van der Waals surface area contributed by atoms with Crippen molar-refractivity contribution in [3.63, 3.8) is 0 Å². The van der Waals surface area contributed by atoms with Gasteiger partial charge in [-0.1, -0.05) is 39.5 Å². The van der Waals surface area contributed by atoms with Crippen LogP contribution < -0.4 is 0 Å². The molecular weight excluding hydrogens is 544 g/mol. The van der Waals surface area contributed by atoms with Gasteiger partial charge in [0.05, 0.1) is 0 Å². The van der Waals surface area contributed by atoms with E-state index in [2.05, 4.69) is 52.4 Å². The fourth-order valence-electron chi connectivity index (χ4n) is 2.14. The normalized spacial score (nSPS) is 22.5. The summed E-state index contributed by atoms with van der Waals surface area (Å²) in [4.78, 5) is 0. The Balaban J connectivity index is -0.000000346. The van der Waals surface area contributed by atoms with E-state index in [9.17, 15) is 0 Å². The third-order valence-corrected chi connectivity index (χ3v) is 3.76. The molecule has 0 aromatic rings. The SMILES string of the molecule is C[C]1[CH][CH][CH][CH]1.C[C]1[CH][CH][CH][CH]1.[C-]1[CH][CH][CH][CH]1.[C-]1[CH][CH][CH][CH]1.[CH]1[CH][CH][CH][CH]1.[CH]1[CH][CH][CH][CH]1.[Fe].[Fe].[Ti+2]. The van der Waals surface area contributed by atoms with E-state index in [0.717, 1.165) is 0 Å². The molecule has 35 heavy (non-hydrogen) atoms. The molecule has 6 aliphatic rings. The van der Waals surface area contributed by atoms with Crippen LogP contribution in [0.1, 0.15) is 13.8 Å². The summed E-state index contributed by atoms with van der Waals surface area (Å²) in [5.74, 6) is 2.69. The van der Waals surface area contributed by atoms with Crippen molar-refractivity contribution >= 4 is 0 Å². The summed E-state index contributed by atoms with van der Waals surface area (Å²) in [5, 5.41) is 0. The Morgan fingerprint density at radius 2 is 0.543 bits per heavy atom. The standard InChI is InChI=1S/2C6H7.2C5H5.2C5H4.2Fe.Ti/c2*1-6-4-2-3-5-6;4*1-2-4-5-3-1;;;/h2*2-5H,1H3;2*1-5H;2*1-4H;;;/q;;;;2*-1;;;+2. The molecule has 6 saturated carbocycles. The first-order valence-corrected chi connectivity index (χ1v) is 10.6. The molecule has 0 amide bonds. The minimum absolute atomic E-state index is 0. The van der Waals surface area contributed by atoms with E-state index >= 15 is 0 Å². The van der Waals surface area contributed by atoms with Crippen LogP contribution in [0.3, 0.4) is 0 Å². The van der Waals surface area contributed by atoms with Crippen molar-refractivity contribution in [3.8, 4) is 0 Å². The molecule has 0 unspecified atom stereocenters. The molecule has 6 aliphatic carbocycles. The summed E-state index contributed by atoms with van der Waals surface area (Å²) in [7, 11) is 0. The zero-order valence-electron chi connectivity index (χ0n) is 20.2. The average Bonchev–Trinajstić information content (AvgIpc) is 3.70. The van der Waals surface area contributed by atoms with Crippen LogP contribution in [0.15, 0.2) is 0 Å². The molecular formula is C32H32Fe2Ti. The van der Waals surface area contributed by atoms with Gasteiger partial charge in [-0.3, -0.25) is 0 Å². The van der Waals surface area contributed by atoms with Crippen LogP contribution in [-0.2, 0) is 55.9 Å². The van der Waals surface area contributed by atoms with E-state index in [1.54, 1.807) is 0 Å². The molecule has 0 N–H and O–H groups in total. The van der Waals surface area contributed by atoms with Crippen molar-refractivity contribution in [2.45, 2.75) is 13.8 Å². The van der Waals surface area contributed by atoms with Gasteiger partial charge in [0, 0.05) is 34.1 Å². The summed E-state index contributed by atoms with van der Waals surface area (Å²) >= 11 is 0. The summed E-state index contributed by atoms with van der Waals surface area (Å²) in [6, 6.07) is 0. The molecule has 0 saturated heterocycles. The van der Waals surface area contributed by atoms with Gasteiger partial charge >= 0.3 is 21.7 Å². The van der Waals surface area contributed by atoms with E-state index in [0.29, 0.717) is 0 Å². The zero-order valence-corrected chi connectivity index (χ0v) is 24.0. The van der Waals surface area contributed by atoms with E-state index < -0.39 is 0 Å². The summed E-state index contributed by atoms with van der Waals surface area (Å²) in [6.07, 6.45) is 57.5. The number of rotatable bonds is 0. The van der Waals surface area contributed by atoms with E-state index in [1.807, 2.05) is 141 Å². The second-order valence-electron chi connectivity index (χ2n) is 6.62. The topological polar surface area (TPSA) is 0 Å². The third-order valence-electron chi connectivity index (χ3n) is 3.76. The van der Waals surface area contributed by atoms with Crippen molar-refractivity contribution in [1.29, 1.82) is 0 Å². The Hall–Kier alpha value is 1.75. The van der Waals surface area contributed by atoms with Crippen LogP contribution in [0.25, 0.3) is 0 Å². The Morgan fingerprint density at radius 1 is 0.343 bits per heavy atom. The summed E-state index contributed by atoms with van der Waals surface area (Å²) in [6.45, 7) is 4.17. The fraction of sp³-hybridized carbons (Fsp3) is 0.0625. The summed E-state index contributed by atoms with van der Waals surface area (Å²) < 4.78 is 0. The second-order valence-corrected chi connectivity index (χ2v) is 6.62. The van der Waals surface area contributed by atoms with Gasteiger partial charge in [0.25, 0.3) is 0 Å². The van der Waals surface area contributed by atoms with Gasteiger partial charge in [0.15, 0.2) is 0 Å². The van der Waals surface area contributed by atoms with Gasteiger partial charge in [-0.05, 0) is 127 Å². The Bertz CT molecular complexity index is 251. The monoisotopic (exact) mass is 576 g/mol. The zero-order chi connectivity index (χ0) is 23.0. The van der Waals surface area contributed by atoms with Crippen LogP contribution in [0.4, 0.5) is 0 Å². The molecule has 6 rings (SSSR count).